The van der Waals surface area contributed by atoms with Gasteiger partial charge in [-0.15, -0.1) is 0 Å². The van der Waals surface area contributed by atoms with Gasteiger partial charge in [-0.2, -0.15) is 0 Å². The Morgan fingerprint density at radius 3 is 3.08 bits per heavy atom. The molecule has 1 nitrogen and oxygen atoms in total. The van der Waals surface area contributed by atoms with Gasteiger partial charge in [0.05, 0.1) is 0 Å². The van der Waals surface area contributed by atoms with Crippen LogP contribution in [0.4, 0.5) is 14.5 Å². The minimum absolute atomic E-state index is 0.301. The highest BCUT2D eigenvalue weighted by Crippen LogP contribution is 2.23. The second kappa shape index (κ2) is 2.73. The fraction of sp³-hybridized carbons (Fsp3) is 0.333. The van der Waals surface area contributed by atoms with E-state index in [9.17, 15) is 8.78 Å². The van der Waals surface area contributed by atoms with Crippen molar-refractivity contribution in [1.82, 2.24) is 0 Å². The molecule has 64 valence electrons. The Balaban J connectivity index is 2.37. The highest BCUT2D eigenvalue weighted by atomic mass is 19.1. The number of fused-ring (bicyclic) bond motifs is 1. The highest BCUT2D eigenvalue weighted by Gasteiger charge is 2.16. The Morgan fingerprint density at radius 1 is 1.42 bits per heavy atom. The van der Waals surface area contributed by atoms with Gasteiger partial charge in [0.25, 0.3) is 0 Å². The first-order valence-electron chi connectivity index (χ1n) is 3.92. The van der Waals surface area contributed by atoms with Crippen molar-refractivity contribution in [2.75, 3.05) is 11.9 Å². The Hall–Kier alpha value is -1.12. The van der Waals surface area contributed by atoms with Crippen LogP contribution in [0.1, 0.15) is 5.56 Å². The molecule has 1 heterocycles. The lowest BCUT2D eigenvalue weighted by atomic mass is 10.0. The summed E-state index contributed by atoms with van der Waals surface area (Å²) in [5.41, 5.74) is 1.58. The van der Waals surface area contributed by atoms with E-state index in [1.54, 1.807) is 6.07 Å². The van der Waals surface area contributed by atoms with Crippen LogP contribution in [-0.2, 0) is 6.42 Å². The second-order valence-electron chi connectivity index (χ2n) is 2.98. The summed E-state index contributed by atoms with van der Waals surface area (Å²) in [6, 6.07) is 4.41. The Kier molecular flexibility index (Phi) is 1.71. The van der Waals surface area contributed by atoms with E-state index in [2.05, 4.69) is 5.32 Å². The molecule has 1 aliphatic heterocycles. The summed E-state index contributed by atoms with van der Waals surface area (Å²) in [7, 11) is 0. The Labute approximate surface area is 69.4 Å². The van der Waals surface area contributed by atoms with Crippen molar-refractivity contribution in [3.8, 4) is 0 Å². The topological polar surface area (TPSA) is 12.0 Å². The quantitative estimate of drug-likeness (QED) is 0.627. The van der Waals surface area contributed by atoms with Crippen LogP contribution in [-0.4, -0.2) is 12.7 Å². The number of benzene rings is 1. The molecule has 0 saturated carbocycles. The second-order valence-corrected chi connectivity index (χ2v) is 2.98. The SMILES string of the molecule is Fc1ccc2c(c1)CC(F)CN2. The van der Waals surface area contributed by atoms with Crippen LogP contribution in [0, 0.1) is 5.82 Å². The molecule has 1 N–H and O–H groups in total. The number of hydrogen-bond donors (Lipinski definition) is 1. The van der Waals surface area contributed by atoms with Gasteiger partial charge in [0, 0.05) is 18.7 Å². The molecule has 1 aliphatic rings. The van der Waals surface area contributed by atoms with Gasteiger partial charge in [-0.05, 0) is 23.8 Å². The summed E-state index contributed by atoms with van der Waals surface area (Å²) in [5.74, 6) is -0.301. The van der Waals surface area contributed by atoms with Crippen LogP contribution < -0.4 is 5.32 Å². The number of anilines is 1. The summed E-state index contributed by atoms with van der Waals surface area (Å²) < 4.78 is 25.5. The molecule has 1 aromatic carbocycles. The van der Waals surface area contributed by atoms with Crippen molar-refractivity contribution >= 4 is 5.69 Å². The van der Waals surface area contributed by atoms with E-state index in [-0.39, 0.29) is 5.82 Å². The molecule has 0 radical (unpaired) electrons. The summed E-state index contributed by atoms with van der Waals surface area (Å²) in [5, 5.41) is 2.90. The zero-order chi connectivity index (χ0) is 8.55. The largest absolute Gasteiger partial charge is 0.382 e. The van der Waals surface area contributed by atoms with Crippen LogP contribution in [0.5, 0.6) is 0 Å². The van der Waals surface area contributed by atoms with E-state index >= 15 is 0 Å². The lowest BCUT2D eigenvalue weighted by molar-refractivity contribution is 0.341. The van der Waals surface area contributed by atoms with Crippen molar-refractivity contribution in [3.05, 3.63) is 29.6 Å². The molecule has 1 unspecified atom stereocenters. The van der Waals surface area contributed by atoms with E-state index < -0.39 is 6.17 Å². The van der Waals surface area contributed by atoms with Crippen LogP contribution in [0.15, 0.2) is 18.2 Å². The van der Waals surface area contributed by atoms with Crippen LogP contribution in [0.3, 0.4) is 0 Å². The van der Waals surface area contributed by atoms with Crippen LogP contribution in [0.25, 0.3) is 0 Å². The third-order valence-electron chi connectivity index (χ3n) is 2.02. The molecule has 0 aliphatic carbocycles. The molecule has 0 spiro atoms. The minimum atomic E-state index is -0.890. The van der Waals surface area contributed by atoms with E-state index in [1.165, 1.54) is 12.1 Å². The molecule has 0 aromatic heterocycles. The molecule has 0 amide bonds. The number of rotatable bonds is 0. The lowest BCUT2D eigenvalue weighted by Gasteiger charge is -2.20. The van der Waals surface area contributed by atoms with Crippen molar-refractivity contribution in [3.63, 3.8) is 0 Å². The highest BCUT2D eigenvalue weighted by molar-refractivity contribution is 5.53. The van der Waals surface area contributed by atoms with Crippen molar-refractivity contribution in [2.24, 2.45) is 0 Å². The van der Waals surface area contributed by atoms with Crippen molar-refractivity contribution in [2.45, 2.75) is 12.6 Å². The number of alkyl halides is 1. The van der Waals surface area contributed by atoms with Gasteiger partial charge >= 0.3 is 0 Å². The van der Waals surface area contributed by atoms with Gasteiger partial charge in [-0.3, -0.25) is 0 Å². The number of halogens is 2. The van der Waals surface area contributed by atoms with Gasteiger partial charge in [-0.25, -0.2) is 8.78 Å². The van der Waals surface area contributed by atoms with E-state index in [0.29, 0.717) is 13.0 Å². The summed E-state index contributed by atoms with van der Waals surface area (Å²) in [6.45, 7) is 0.332. The molecular weight excluding hydrogens is 160 g/mol. The molecule has 1 aromatic rings. The first kappa shape index (κ1) is 7.53. The predicted molar refractivity (Wildman–Crippen MR) is 43.5 cm³/mol. The van der Waals surface area contributed by atoms with Gasteiger partial charge in [0.15, 0.2) is 0 Å². The average molecular weight is 169 g/mol. The molecular formula is C9H9F2N. The summed E-state index contributed by atoms with van der Waals surface area (Å²) in [4.78, 5) is 0. The lowest BCUT2D eigenvalue weighted by Crippen LogP contribution is -2.24. The predicted octanol–water partition coefficient (Wildman–Crippen LogP) is 2.13. The molecule has 2 rings (SSSR count). The fourth-order valence-corrected chi connectivity index (χ4v) is 1.44. The maximum atomic E-state index is 12.8. The van der Waals surface area contributed by atoms with E-state index in [4.69, 9.17) is 0 Å². The third-order valence-corrected chi connectivity index (χ3v) is 2.02. The zero-order valence-corrected chi connectivity index (χ0v) is 6.48. The maximum Gasteiger partial charge on any atom is 0.123 e. The molecule has 12 heavy (non-hydrogen) atoms. The summed E-state index contributed by atoms with van der Waals surface area (Å²) >= 11 is 0. The van der Waals surface area contributed by atoms with Gasteiger partial charge in [-0.1, -0.05) is 0 Å². The van der Waals surface area contributed by atoms with Crippen LogP contribution >= 0.6 is 0 Å². The fourth-order valence-electron chi connectivity index (χ4n) is 1.44. The number of nitrogens with one attached hydrogen (secondary N) is 1. The normalized spacial score (nSPS) is 21.3. The Morgan fingerprint density at radius 2 is 2.25 bits per heavy atom. The first-order valence-corrected chi connectivity index (χ1v) is 3.92. The van der Waals surface area contributed by atoms with E-state index in [1.807, 2.05) is 0 Å². The molecule has 0 bridgehead atoms. The number of hydrogen-bond acceptors (Lipinski definition) is 1. The molecule has 3 heteroatoms. The molecule has 1 atom stereocenters. The monoisotopic (exact) mass is 169 g/mol. The minimum Gasteiger partial charge on any atom is -0.382 e. The van der Waals surface area contributed by atoms with Gasteiger partial charge < -0.3 is 5.32 Å². The summed E-state index contributed by atoms with van der Waals surface area (Å²) in [6.07, 6.45) is -0.570. The molecule has 0 fully saturated rings. The standard InChI is InChI=1S/C9H9F2N/c10-7-1-2-9-6(3-7)4-8(11)5-12-9/h1-3,8,12H,4-5H2. The first-order chi connectivity index (χ1) is 5.75. The zero-order valence-electron chi connectivity index (χ0n) is 6.48. The van der Waals surface area contributed by atoms with Crippen molar-refractivity contribution < 1.29 is 8.78 Å². The smallest absolute Gasteiger partial charge is 0.123 e. The maximum absolute atomic E-state index is 12.8. The van der Waals surface area contributed by atoms with Gasteiger partial charge in [0.2, 0.25) is 0 Å². The van der Waals surface area contributed by atoms with E-state index in [0.717, 1.165) is 11.3 Å². The molecule has 0 saturated heterocycles. The third kappa shape index (κ3) is 1.26. The van der Waals surface area contributed by atoms with Gasteiger partial charge in [0.1, 0.15) is 12.0 Å². The van der Waals surface area contributed by atoms with Crippen molar-refractivity contribution in [1.29, 1.82) is 0 Å². The average Bonchev–Trinajstić information content (AvgIpc) is 2.03. The Bertz CT molecular complexity index is 299. The van der Waals surface area contributed by atoms with Crippen LogP contribution in [0.2, 0.25) is 0 Å².